The quantitative estimate of drug-likeness (QED) is 0.355. The lowest BCUT2D eigenvalue weighted by Gasteiger charge is -2.15. The van der Waals surface area contributed by atoms with Gasteiger partial charge in [0.2, 0.25) is 0 Å². The van der Waals surface area contributed by atoms with E-state index in [1.807, 2.05) is 0 Å². The third kappa shape index (κ3) is 16.2. The maximum atomic E-state index is 5.60. The van der Waals surface area contributed by atoms with Crippen LogP contribution in [-0.4, -0.2) is 53.4 Å². The van der Waals surface area contributed by atoms with E-state index >= 15 is 0 Å². The zero-order valence-electron chi connectivity index (χ0n) is 15.1. The lowest BCUT2D eigenvalue weighted by Crippen LogP contribution is -2.20. The molecule has 0 aliphatic heterocycles. The van der Waals surface area contributed by atoms with Crippen molar-refractivity contribution >= 4 is 0 Å². The Hall–Kier alpha value is -0.160. The van der Waals surface area contributed by atoms with E-state index in [9.17, 15) is 0 Å². The van der Waals surface area contributed by atoms with E-state index in [0.29, 0.717) is 33.0 Å². The summed E-state index contributed by atoms with van der Waals surface area (Å²) in [6, 6.07) is 0. The minimum atomic E-state index is 0.221. The molecule has 134 valence electrons. The minimum absolute atomic E-state index is 0.221. The molecule has 0 rings (SSSR count). The average Bonchev–Trinajstić information content (AvgIpc) is 2.54. The number of ether oxygens (including phenoxy) is 4. The van der Waals surface area contributed by atoms with Gasteiger partial charge in [-0.15, -0.1) is 0 Å². The van der Waals surface area contributed by atoms with Gasteiger partial charge in [-0.2, -0.15) is 0 Å². The molecule has 1 unspecified atom stereocenters. The van der Waals surface area contributed by atoms with Crippen molar-refractivity contribution in [1.82, 2.24) is 0 Å². The summed E-state index contributed by atoms with van der Waals surface area (Å²) in [5.41, 5.74) is 0. The fraction of sp³-hybridized carbons (Fsp3) is 1.00. The van der Waals surface area contributed by atoms with Crippen LogP contribution in [0.4, 0.5) is 0 Å². The summed E-state index contributed by atoms with van der Waals surface area (Å²) in [7, 11) is 3.45. The number of unbranched alkanes of at least 4 members (excludes halogenated alkanes) is 7. The zero-order chi connectivity index (χ0) is 16.3. The lowest BCUT2D eigenvalue weighted by atomic mass is 10.1. The molecule has 0 saturated carbocycles. The second kappa shape index (κ2) is 18.9. The van der Waals surface area contributed by atoms with Crippen molar-refractivity contribution in [2.24, 2.45) is 0 Å². The van der Waals surface area contributed by atoms with E-state index in [0.717, 1.165) is 6.42 Å². The van der Waals surface area contributed by atoms with Crippen molar-refractivity contribution in [1.29, 1.82) is 0 Å². The average molecular weight is 318 g/mol. The van der Waals surface area contributed by atoms with E-state index in [4.69, 9.17) is 18.9 Å². The smallest absolute Gasteiger partial charge is 0.0804 e. The Morgan fingerprint density at radius 2 is 1.27 bits per heavy atom. The van der Waals surface area contributed by atoms with Gasteiger partial charge in [-0.05, 0) is 6.42 Å². The molecule has 0 saturated heterocycles. The Kier molecular flexibility index (Phi) is 18.8. The maximum Gasteiger partial charge on any atom is 0.0804 e. The van der Waals surface area contributed by atoms with E-state index < -0.39 is 0 Å². The van der Waals surface area contributed by atoms with Crippen LogP contribution in [0.2, 0.25) is 0 Å². The Labute approximate surface area is 137 Å². The molecule has 0 aromatic rings. The van der Waals surface area contributed by atoms with Gasteiger partial charge in [0.05, 0.1) is 39.1 Å². The van der Waals surface area contributed by atoms with E-state index in [-0.39, 0.29) is 6.10 Å². The van der Waals surface area contributed by atoms with Crippen LogP contribution in [-0.2, 0) is 18.9 Å². The Morgan fingerprint density at radius 3 is 1.91 bits per heavy atom. The van der Waals surface area contributed by atoms with Crippen molar-refractivity contribution in [2.45, 2.75) is 70.8 Å². The molecule has 0 bridgehead atoms. The highest BCUT2D eigenvalue weighted by Gasteiger charge is 2.07. The first kappa shape index (κ1) is 21.8. The molecule has 22 heavy (non-hydrogen) atoms. The van der Waals surface area contributed by atoms with Crippen LogP contribution in [0.15, 0.2) is 0 Å². The fourth-order valence-electron chi connectivity index (χ4n) is 2.35. The maximum absolute atomic E-state index is 5.60. The van der Waals surface area contributed by atoms with Crippen molar-refractivity contribution < 1.29 is 18.9 Å². The molecule has 4 nitrogen and oxygen atoms in total. The highest BCUT2D eigenvalue weighted by Crippen LogP contribution is 2.11. The first-order chi connectivity index (χ1) is 10.8. The Bertz CT molecular complexity index is 200. The van der Waals surface area contributed by atoms with Crippen LogP contribution in [0.1, 0.15) is 64.7 Å². The predicted octanol–water partition coefficient (Wildman–Crippen LogP) is 4.21. The third-order valence-corrected chi connectivity index (χ3v) is 3.82. The summed E-state index contributed by atoms with van der Waals surface area (Å²) in [6.07, 6.45) is 12.1. The molecular formula is C18H38O4. The number of methoxy groups -OCH3 is 2. The van der Waals surface area contributed by atoms with Gasteiger partial charge in [-0.3, -0.25) is 0 Å². The number of hydrogen-bond acceptors (Lipinski definition) is 4. The molecule has 0 fully saturated rings. The molecule has 0 aliphatic rings. The first-order valence-corrected chi connectivity index (χ1v) is 9.02. The summed E-state index contributed by atoms with van der Waals surface area (Å²) in [6.45, 7) is 5.45. The monoisotopic (exact) mass is 318 g/mol. The van der Waals surface area contributed by atoms with Gasteiger partial charge >= 0.3 is 0 Å². The topological polar surface area (TPSA) is 36.9 Å². The van der Waals surface area contributed by atoms with Crippen LogP contribution in [0, 0.1) is 0 Å². The van der Waals surface area contributed by atoms with Crippen molar-refractivity contribution in [3.8, 4) is 0 Å². The summed E-state index contributed by atoms with van der Waals surface area (Å²) in [5.74, 6) is 0. The predicted molar refractivity (Wildman–Crippen MR) is 91.5 cm³/mol. The highest BCUT2D eigenvalue weighted by molar-refractivity contribution is 4.57. The first-order valence-electron chi connectivity index (χ1n) is 9.02. The number of rotatable bonds is 18. The molecule has 0 aromatic heterocycles. The standard InChI is InChI=1S/C18H38O4/c1-4-5-6-7-8-9-10-11-12-18(20-3)17-22-16-15-21-14-13-19-2/h18H,4-17H2,1-3H3. The van der Waals surface area contributed by atoms with Crippen molar-refractivity contribution in [3.63, 3.8) is 0 Å². The minimum Gasteiger partial charge on any atom is -0.382 e. The van der Waals surface area contributed by atoms with Crippen LogP contribution in [0.25, 0.3) is 0 Å². The molecular weight excluding hydrogens is 280 g/mol. The summed E-state index contributed by atoms with van der Waals surface area (Å²) >= 11 is 0. The molecule has 0 heterocycles. The molecule has 0 N–H and O–H groups in total. The number of hydrogen-bond donors (Lipinski definition) is 0. The summed E-state index contributed by atoms with van der Waals surface area (Å²) < 4.78 is 21.3. The lowest BCUT2D eigenvalue weighted by molar-refractivity contribution is -0.0222. The molecule has 0 radical (unpaired) electrons. The Balaban J connectivity index is 3.29. The van der Waals surface area contributed by atoms with Gasteiger partial charge in [0.15, 0.2) is 0 Å². The Morgan fingerprint density at radius 1 is 0.682 bits per heavy atom. The largest absolute Gasteiger partial charge is 0.382 e. The molecule has 1 atom stereocenters. The van der Waals surface area contributed by atoms with Gasteiger partial charge in [-0.1, -0.05) is 58.3 Å². The zero-order valence-corrected chi connectivity index (χ0v) is 15.1. The van der Waals surface area contributed by atoms with Gasteiger partial charge in [0, 0.05) is 14.2 Å². The normalized spacial score (nSPS) is 12.7. The molecule has 4 heteroatoms. The van der Waals surface area contributed by atoms with Crippen LogP contribution < -0.4 is 0 Å². The van der Waals surface area contributed by atoms with Crippen molar-refractivity contribution in [2.75, 3.05) is 47.3 Å². The highest BCUT2D eigenvalue weighted by atomic mass is 16.6. The fourth-order valence-corrected chi connectivity index (χ4v) is 2.35. The third-order valence-electron chi connectivity index (χ3n) is 3.82. The SMILES string of the molecule is CCCCCCCCCCC(COCCOCCOC)OC. The second-order valence-corrected chi connectivity index (χ2v) is 5.80. The van der Waals surface area contributed by atoms with Crippen molar-refractivity contribution in [3.05, 3.63) is 0 Å². The van der Waals surface area contributed by atoms with Crippen LogP contribution in [0.3, 0.4) is 0 Å². The molecule has 0 aromatic carbocycles. The van der Waals surface area contributed by atoms with Gasteiger partial charge in [0.25, 0.3) is 0 Å². The summed E-state index contributed by atoms with van der Waals surface area (Å²) in [4.78, 5) is 0. The van der Waals surface area contributed by atoms with E-state index in [1.165, 1.54) is 51.4 Å². The van der Waals surface area contributed by atoms with Gasteiger partial charge in [0.1, 0.15) is 0 Å². The van der Waals surface area contributed by atoms with Gasteiger partial charge < -0.3 is 18.9 Å². The van der Waals surface area contributed by atoms with Crippen LogP contribution in [0.5, 0.6) is 0 Å². The molecule has 0 spiro atoms. The summed E-state index contributed by atoms with van der Waals surface area (Å²) in [5, 5.41) is 0. The van der Waals surface area contributed by atoms with Gasteiger partial charge in [-0.25, -0.2) is 0 Å². The second-order valence-electron chi connectivity index (χ2n) is 5.80. The van der Waals surface area contributed by atoms with Crippen LogP contribution >= 0.6 is 0 Å². The van der Waals surface area contributed by atoms with E-state index in [1.54, 1.807) is 14.2 Å². The van der Waals surface area contributed by atoms with E-state index in [2.05, 4.69) is 6.92 Å². The molecule has 0 aliphatic carbocycles. The molecule has 0 amide bonds.